The number of carboxylic acid groups (broad SMARTS) is 1. The van der Waals surface area contributed by atoms with Gasteiger partial charge in [-0.05, 0) is 29.2 Å². The number of aromatic nitrogens is 2. The van der Waals surface area contributed by atoms with Crippen LogP contribution in [0.5, 0.6) is 5.75 Å². The maximum atomic E-state index is 9.35. The Bertz CT molecular complexity index is 889. The number of nitrogen functional groups attached to an aromatic ring is 1. The van der Waals surface area contributed by atoms with Gasteiger partial charge in [0, 0.05) is 16.3 Å². The highest BCUT2D eigenvalue weighted by molar-refractivity contribution is 6.58. The van der Waals surface area contributed by atoms with Crippen LogP contribution in [0, 0.1) is 0 Å². The van der Waals surface area contributed by atoms with E-state index in [9.17, 15) is 10.0 Å². The Labute approximate surface area is 143 Å². The number of rotatable bonds is 3. The first-order chi connectivity index (χ1) is 12.0. The molecule has 0 amide bonds. The number of nitrogens with two attached hydrogens (primary N) is 1. The molecule has 8 nitrogen and oxygen atoms in total. The van der Waals surface area contributed by atoms with Crippen LogP contribution in [0.25, 0.3) is 21.9 Å². The van der Waals surface area contributed by atoms with E-state index in [1.54, 1.807) is 31.5 Å². The number of hydrogen-bond acceptors (Lipinski definition) is 7. The standard InChI is InChI=1S/C15H14BN3O3.CH2O2/c1-22-14-5-3-11(16(20)21)7-13(14)9-2-4-12-10(6-9)8-18-19-15(12)17;2-1-3/h2-8,20-21H,1H3,(H2,17,19);1H,(H,2,3). The van der Waals surface area contributed by atoms with Crippen LogP contribution < -0.4 is 15.9 Å². The van der Waals surface area contributed by atoms with Gasteiger partial charge >= 0.3 is 7.12 Å². The van der Waals surface area contributed by atoms with Gasteiger partial charge in [-0.1, -0.05) is 18.2 Å². The molecule has 0 bridgehead atoms. The fourth-order valence-corrected chi connectivity index (χ4v) is 2.39. The minimum absolute atomic E-state index is 0.250. The highest BCUT2D eigenvalue weighted by atomic mass is 16.5. The number of benzene rings is 2. The lowest BCUT2D eigenvalue weighted by molar-refractivity contribution is -0.122. The van der Waals surface area contributed by atoms with Gasteiger partial charge in [0.2, 0.25) is 0 Å². The lowest BCUT2D eigenvalue weighted by Gasteiger charge is -2.12. The number of methoxy groups -OCH3 is 1. The predicted molar refractivity (Wildman–Crippen MR) is 94.5 cm³/mol. The molecule has 0 spiro atoms. The number of ether oxygens (including phenoxy) is 1. The molecule has 0 fully saturated rings. The highest BCUT2D eigenvalue weighted by Crippen LogP contribution is 2.31. The van der Waals surface area contributed by atoms with Gasteiger partial charge < -0.3 is 25.6 Å². The van der Waals surface area contributed by atoms with E-state index in [0.717, 1.165) is 21.9 Å². The monoisotopic (exact) mass is 341 g/mol. The van der Waals surface area contributed by atoms with Gasteiger partial charge in [0.05, 0.1) is 13.3 Å². The molecule has 128 valence electrons. The number of nitrogens with zero attached hydrogens (tertiary/aromatic N) is 2. The first-order valence-corrected chi connectivity index (χ1v) is 7.15. The normalized spacial score (nSPS) is 9.88. The Hall–Kier alpha value is -3.17. The summed E-state index contributed by atoms with van der Waals surface area (Å²) in [6.07, 6.45) is 1.63. The van der Waals surface area contributed by atoms with Crippen molar-refractivity contribution < 1.29 is 24.7 Å². The largest absolute Gasteiger partial charge is 0.496 e. The Morgan fingerprint density at radius 3 is 2.56 bits per heavy atom. The quantitative estimate of drug-likeness (QED) is 0.393. The van der Waals surface area contributed by atoms with E-state index >= 15 is 0 Å². The first kappa shape index (κ1) is 18.2. The van der Waals surface area contributed by atoms with E-state index in [-0.39, 0.29) is 6.47 Å². The van der Waals surface area contributed by atoms with Crippen molar-refractivity contribution in [2.75, 3.05) is 12.8 Å². The Balaban J connectivity index is 0.000000701. The summed E-state index contributed by atoms with van der Waals surface area (Å²) in [6, 6.07) is 10.6. The summed E-state index contributed by atoms with van der Waals surface area (Å²) >= 11 is 0. The van der Waals surface area contributed by atoms with Crippen LogP contribution in [0.1, 0.15) is 0 Å². The van der Waals surface area contributed by atoms with Crippen molar-refractivity contribution in [3.63, 3.8) is 0 Å². The summed E-state index contributed by atoms with van der Waals surface area (Å²) in [5.74, 6) is 1.01. The van der Waals surface area contributed by atoms with Crippen LogP contribution >= 0.6 is 0 Å². The van der Waals surface area contributed by atoms with E-state index in [0.29, 0.717) is 17.0 Å². The van der Waals surface area contributed by atoms with Crippen LogP contribution in [0.3, 0.4) is 0 Å². The van der Waals surface area contributed by atoms with Crippen molar-refractivity contribution >= 4 is 35.6 Å². The summed E-state index contributed by atoms with van der Waals surface area (Å²) in [6.45, 7) is -0.250. The average Bonchev–Trinajstić information content (AvgIpc) is 2.61. The smallest absolute Gasteiger partial charge is 0.488 e. The third kappa shape index (κ3) is 4.03. The van der Waals surface area contributed by atoms with E-state index in [1.807, 2.05) is 18.2 Å². The number of anilines is 1. The maximum Gasteiger partial charge on any atom is 0.488 e. The summed E-state index contributed by atoms with van der Waals surface area (Å²) in [5.41, 5.74) is 7.81. The first-order valence-electron chi connectivity index (χ1n) is 7.15. The molecule has 0 aliphatic rings. The van der Waals surface area contributed by atoms with Crippen molar-refractivity contribution in [2.45, 2.75) is 0 Å². The second-order valence-electron chi connectivity index (χ2n) is 4.97. The lowest BCUT2D eigenvalue weighted by Crippen LogP contribution is -2.29. The third-order valence-corrected chi connectivity index (χ3v) is 3.52. The molecular weight excluding hydrogens is 325 g/mol. The molecule has 0 unspecified atom stereocenters. The number of hydrogen-bond donors (Lipinski definition) is 4. The molecule has 0 saturated heterocycles. The van der Waals surface area contributed by atoms with Crippen molar-refractivity contribution in [3.05, 3.63) is 42.6 Å². The second kappa shape index (κ2) is 8.09. The number of carbonyl (C=O) groups is 1. The van der Waals surface area contributed by atoms with Crippen LogP contribution in [-0.2, 0) is 4.79 Å². The molecule has 5 N–H and O–H groups in total. The summed E-state index contributed by atoms with van der Waals surface area (Å²) in [5, 5.41) is 34.9. The number of fused-ring (bicyclic) bond motifs is 1. The Morgan fingerprint density at radius 2 is 1.92 bits per heavy atom. The molecule has 25 heavy (non-hydrogen) atoms. The highest BCUT2D eigenvalue weighted by Gasteiger charge is 2.15. The molecule has 0 saturated carbocycles. The minimum atomic E-state index is -1.54. The molecule has 0 atom stereocenters. The molecule has 0 radical (unpaired) electrons. The van der Waals surface area contributed by atoms with Gasteiger partial charge in [-0.2, -0.15) is 5.10 Å². The topological polar surface area (TPSA) is 139 Å². The SMILES string of the molecule is COc1ccc(B(O)O)cc1-c1ccc2c(N)nncc2c1.O=CO. The molecule has 0 aliphatic heterocycles. The molecule has 1 aromatic heterocycles. The van der Waals surface area contributed by atoms with Gasteiger partial charge in [0.1, 0.15) is 5.75 Å². The zero-order valence-electron chi connectivity index (χ0n) is 13.3. The molecule has 2 aromatic carbocycles. The van der Waals surface area contributed by atoms with Crippen LogP contribution in [0.4, 0.5) is 5.82 Å². The van der Waals surface area contributed by atoms with Gasteiger partial charge in [-0.25, -0.2) is 0 Å². The van der Waals surface area contributed by atoms with Crippen LogP contribution in [0.2, 0.25) is 0 Å². The van der Waals surface area contributed by atoms with Crippen molar-refractivity contribution in [1.29, 1.82) is 0 Å². The Morgan fingerprint density at radius 1 is 1.20 bits per heavy atom. The van der Waals surface area contributed by atoms with E-state index in [2.05, 4.69) is 10.2 Å². The van der Waals surface area contributed by atoms with E-state index in [1.165, 1.54) is 0 Å². The fraction of sp³-hybridized carbons (Fsp3) is 0.0625. The molecule has 1 heterocycles. The predicted octanol–water partition coefficient (Wildman–Crippen LogP) is 0.268. The molecule has 3 rings (SSSR count). The van der Waals surface area contributed by atoms with Crippen LogP contribution in [0.15, 0.2) is 42.6 Å². The van der Waals surface area contributed by atoms with Crippen molar-refractivity contribution in [2.24, 2.45) is 0 Å². The molecule has 9 heteroatoms. The van der Waals surface area contributed by atoms with Crippen molar-refractivity contribution in [3.8, 4) is 16.9 Å². The Kier molecular flexibility index (Phi) is 5.88. The molecule has 3 aromatic rings. The van der Waals surface area contributed by atoms with Crippen molar-refractivity contribution in [1.82, 2.24) is 10.2 Å². The van der Waals surface area contributed by atoms with Gasteiger partial charge in [0.25, 0.3) is 6.47 Å². The summed E-state index contributed by atoms with van der Waals surface area (Å²) in [7, 11) is 0.0323. The van der Waals surface area contributed by atoms with Gasteiger partial charge in [-0.15, -0.1) is 5.10 Å². The second-order valence-corrected chi connectivity index (χ2v) is 4.97. The van der Waals surface area contributed by atoms with E-state index in [4.69, 9.17) is 20.4 Å². The zero-order chi connectivity index (χ0) is 18.4. The maximum absolute atomic E-state index is 9.35. The summed E-state index contributed by atoms with van der Waals surface area (Å²) < 4.78 is 5.35. The fourth-order valence-electron chi connectivity index (χ4n) is 2.39. The molecular formula is C16H16BN3O5. The van der Waals surface area contributed by atoms with E-state index < -0.39 is 7.12 Å². The third-order valence-electron chi connectivity index (χ3n) is 3.52. The minimum Gasteiger partial charge on any atom is -0.496 e. The lowest BCUT2D eigenvalue weighted by atomic mass is 9.79. The zero-order valence-corrected chi connectivity index (χ0v) is 13.3. The van der Waals surface area contributed by atoms with Gasteiger partial charge in [0.15, 0.2) is 5.82 Å². The van der Waals surface area contributed by atoms with Crippen LogP contribution in [-0.4, -0.2) is 46.1 Å². The van der Waals surface area contributed by atoms with Gasteiger partial charge in [-0.3, -0.25) is 4.79 Å². The molecule has 0 aliphatic carbocycles. The summed E-state index contributed by atoms with van der Waals surface area (Å²) in [4.78, 5) is 8.36. The average molecular weight is 341 g/mol.